The van der Waals surface area contributed by atoms with Crippen LogP contribution in [-0.4, -0.2) is 16.5 Å². The van der Waals surface area contributed by atoms with Crippen LogP contribution in [0.4, 0.5) is 11.6 Å². The molecule has 0 aliphatic heterocycles. The lowest BCUT2D eigenvalue weighted by Gasteiger charge is -2.15. The standard InChI is InChI=1S/C14H17BrN4/c1-3-16-13-8-14(18-9-17-13)19-10(2)11-4-6-12(15)7-5-11/h4-10H,3H2,1-2H3,(H2,16,17,18,19). The smallest absolute Gasteiger partial charge is 0.131 e. The van der Waals surface area contributed by atoms with Crippen molar-refractivity contribution in [3.8, 4) is 0 Å². The lowest BCUT2D eigenvalue weighted by molar-refractivity contribution is 0.871. The molecule has 100 valence electrons. The maximum Gasteiger partial charge on any atom is 0.131 e. The Labute approximate surface area is 121 Å². The number of anilines is 2. The highest BCUT2D eigenvalue weighted by molar-refractivity contribution is 9.10. The zero-order valence-corrected chi connectivity index (χ0v) is 12.6. The Morgan fingerprint density at radius 2 is 1.84 bits per heavy atom. The molecule has 1 aromatic heterocycles. The van der Waals surface area contributed by atoms with E-state index in [0.717, 1.165) is 22.7 Å². The summed E-state index contributed by atoms with van der Waals surface area (Å²) in [7, 11) is 0. The van der Waals surface area contributed by atoms with Gasteiger partial charge >= 0.3 is 0 Å². The molecule has 5 heteroatoms. The Hall–Kier alpha value is -1.62. The number of benzene rings is 1. The average molecular weight is 321 g/mol. The average Bonchev–Trinajstić information content (AvgIpc) is 2.40. The molecule has 0 bridgehead atoms. The van der Waals surface area contributed by atoms with Crippen molar-refractivity contribution in [2.24, 2.45) is 0 Å². The molecule has 4 nitrogen and oxygen atoms in total. The van der Waals surface area contributed by atoms with Crippen LogP contribution in [-0.2, 0) is 0 Å². The lowest BCUT2D eigenvalue weighted by atomic mass is 10.1. The summed E-state index contributed by atoms with van der Waals surface area (Å²) in [5.74, 6) is 1.66. The summed E-state index contributed by atoms with van der Waals surface area (Å²) >= 11 is 3.44. The van der Waals surface area contributed by atoms with E-state index in [-0.39, 0.29) is 6.04 Å². The van der Waals surface area contributed by atoms with Crippen molar-refractivity contribution in [2.45, 2.75) is 19.9 Å². The highest BCUT2D eigenvalue weighted by Gasteiger charge is 2.06. The minimum atomic E-state index is 0.192. The molecule has 19 heavy (non-hydrogen) atoms. The number of aromatic nitrogens is 2. The van der Waals surface area contributed by atoms with E-state index >= 15 is 0 Å². The van der Waals surface area contributed by atoms with Crippen LogP contribution < -0.4 is 10.6 Å². The molecular weight excluding hydrogens is 304 g/mol. The maximum absolute atomic E-state index is 4.23. The van der Waals surface area contributed by atoms with Crippen LogP contribution in [0, 0.1) is 0 Å². The molecule has 1 heterocycles. The van der Waals surface area contributed by atoms with E-state index in [1.165, 1.54) is 5.56 Å². The molecule has 1 aromatic carbocycles. The number of hydrogen-bond acceptors (Lipinski definition) is 4. The Bertz CT molecular complexity index is 527. The summed E-state index contributed by atoms with van der Waals surface area (Å²) in [6, 6.07) is 10.4. The second-order valence-corrected chi connectivity index (χ2v) is 5.15. The molecule has 0 spiro atoms. The first-order chi connectivity index (χ1) is 9.19. The zero-order chi connectivity index (χ0) is 13.7. The van der Waals surface area contributed by atoms with E-state index in [9.17, 15) is 0 Å². The highest BCUT2D eigenvalue weighted by Crippen LogP contribution is 2.20. The third-order valence-corrected chi connectivity index (χ3v) is 3.29. The van der Waals surface area contributed by atoms with Gasteiger partial charge in [-0.15, -0.1) is 0 Å². The van der Waals surface area contributed by atoms with Gasteiger partial charge in [0.2, 0.25) is 0 Å². The maximum atomic E-state index is 4.23. The SMILES string of the molecule is CCNc1cc(NC(C)c2ccc(Br)cc2)ncn1. The van der Waals surface area contributed by atoms with Crippen LogP contribution in [0.3, 0.4) is 0 Å². The van der Waals surface area contributed by atoms with E-state index in [2.05, 4.69) is 55.6 Å². The summed E-state index contributed by atoms with van der Waals surface area (Å²) in [6.07, 6.45) is 1.56. The van der Waals surface area contributed by atoms with E-state index in [1.807, 2.05) is 25.1 Å². The van der Waals surface area contributed by atoms with Crippen LogP contribution in [0.1, 0.15) is 25.5 Å². The van der Waals surface area contributed by atoms with Gasteiger partial charge in [0.1, 0.15) is 18.0 Å². The van der Waals surface area contributed by atoms with Crippen molar-refractivity contribution in [3.63, 3.8) is 0 Å². The molecule has 2 aromatic rings. The van der Waals surface area contributed by atoms with Gasteiger partial charge in [-0.25, -0.2) is 9.97 Å². The normalized spacial score (nSPS) is 11.9. The minimum absolute atomic E-state index is 0.192. The molecule has 1 unspecified atom stereocenters. The zero-order valence-electron chi connectivity index (χ0n) is 11.0. The van der Waals surface area contributed by atoms with Crippen molar-refractivity contribution >= 4 is 27.6 Å². The summed E-state index contributed by atoms with van der Waals surface area (Å²) in [5.41, 5.74) is 1.21. The lowest BCUT2D eigenvalue weighted by Crippen LogP contribution is -2.09. The quantitative estimate of drug-likeness (QED) is 0.878. The van der Waals surface area contributed by atoms with Gasteiger partial charge < -0.3 is 10.6 Å². The van der Waals surface area contributed by atoms with Gasteiger partial charge in [0.25, 0.3) is 0 Å². The molecular formula is C14H17BrN4. The van der Waals surface area contributed by atoms with E-state index in [1.54, 1.807) is 6.33 Å². The van der Waals surface area contributed by atoms with Crippen molar-refractivity contribution < 1.29 is 0 Å². The first kappa shape index (κ1) is 13.8. The molecule has 2 N–H and O–H groups in total. The van der Waals surface area contributed by atoms with Crippen LogP contribution >= 0.6 is 15.9 Å². The number of nitrogens with one attached hydrogen (secondary N) is 2. The molecule has 0 radical (unpaired) electrons. The largest absolute Gasteiger partial charge is 0.370 e. The number of halogens is 1. The van der Waals surface area contributed by atoms with Gasteiger partial charge in [-0.3, -0.25) is 0 Å². The summed E-state index contributed by atoms with van der Waals surface area (Å²) in [6.45, 7) is 5.00. The van der Waals surface area contributed by atoms with Crippen LogP contribution in [0.2, 0.25) is 0 Å². The molecule has 0 saturated carbocycles. The first-order valence-electron chi connectivity index (χ1n) is 6.27. The molecule has 0 aliphatic carbocycles. The summed E-state index contributed by atoms with van der Waals surface area (Å²) in [5, 5.41) is 6.54. The Balaban J connectivity index is 2.07. The molecule has 0 saturated heterocycles. The molecule has 1 atom stereocenters. The fraction of sp³-hybridized carbons (Fsp3) is 0.286. The Morgan fingerprint density at radius 3 is 2.53 bits per heavy atom. The molecule has 2 rings (SSSR count). The van der Waals surface area contributed by atoms with Crippen LogP contribution in [0.5, 0.6) is 0 Å². The number of nitrogens with zero attached hydrogens (tertiary/aromatic N) is 2. The van der Waals surface area contributed by atoms with E-state index < -0.39 is 0 Å². The fourth-order valence-electron chi connectivity index (χ4n) is 1.77. The van der Waals surface area contributed by atoms with E-state index in [4.69, 9.17) is 0 Å². The van der Waals surface area contributed by atoms with Crippen molar-refractivity contribution in [1.29, 1.82) is 0 Å². The predicted octanol–water partition coefficient (Wildman–Crippen LogP) is 3.84. The van der Waals surface area contributed by atoms with Crippen molar-refractivity contribution in [1.82, 2.24) is 9.97 Å². The molecule has 0 amide bonds. The topological polar surface area (TPSA) is 49.8 Å². The van der Waals surface area contributed by atoms with Gasteiger partial charge in [-0.05, 0) is 31.5 Å². The Morgan fingerprint density at radius 1 is 1.16 bits per heavy atom. The predicted molar refractivity (Wildman–Crippen MR) is 82.4 cm³/mol. The van der Waals surface area contributed by atoms with Crippen molar-refractivity contribution in [2.75, 3.05) is 17.2 Å². The minimum Gasteiger partial charge on any atom is -0.370 e. The van der Waals surface area contributed by atoms with Gasteiger partial charge in [0.05, 0.1) is 0 Å². The van der Waals surface area contributed by atoms with Crippen LogP contribution in [0.15, 0.2) is 41.1 Å². The third kappa shape index (κ3) is 3.92. The molecule has 0 aliphatic rings. The Kier molecular flexibility index (Phi) is 4.74. The van der Waals surface area contributed by atoms with Gasteiger partial charge in [0, 0.05) is 23.1 Å². The highest BCUT2D eigenvalue weighted by atomic mass is 79.9. The van der Waals surface area contributed by atoms with Crippen molar-refractivity contribution in [3.05, 3.63) is 46.7 Å². The fourth-order valence-corrected chi connectivity index (χ4v) is 2.03. The first-order valence-corrected chi connectivity index (χ1v) is 7.06. The van der Waals surface area contributed by atoms with Gasteiger partial charge in [0.15, 0.2) is 0 Å². The molecule has 0 fully saturated rings. The summed E-state index contributed by atoms with van der Waals surface area (Å²) < 4.78 is 1.08. The third-order valence-electron chi connectivity index (χ3n) is 2.76. The monoisotopic (exact) mass is 320 g/mol. The second-order valence-electron chi connectivity index (χ2n) is 4.24. The number of rotatable bonds is 5. The summed E-state index contributed by atoms with van der Waals surface area (Å²) in [4.78, 5) is 8.39. The van der Waals surface area contributed by atoms with Crippen LogP contribution in [0.25, 0.3) is 0 Å². The van der Waals surface area contributed by atoms with Gasteiger partial charge in [-0.2, -0.15) is 0 Å². The van der Waals surface area contributed by atoms with Gasteiger partial charge in [-0.1, -0.05) is 28.1 Å². The second kappa shape index (κ2) is 6.52. The number of hydrogen-bond donors (Lipinski definition) is 2. The van der Waals surface area contributed by atoms with E-state index in [0.29, 0.717) is 0 Å².